The number of hydrogen-bond donors (Lipinski definition) is 1. The molecule has 0 radical (unpaired) electrons. The lowest BCUT2D eigenvalue weighted by atomic mass is 10.0. The SMILES string of the molecule is COC(=O)Cc1cc(N)cc(-c2ccccc2)c1.Cl. The van der Waals surface area contributed by atoms with Gasteiger partial charge >= 0.3 is 5.97 Å². The van der Waals surface area contributed by atoms with Crippen LogP contribution in [-0.2, 0) is 16.0 Å². The van der Waals surface area contributed by atoms with Crippen molar-refractivity contribution in [2.75, 3.05) is 12.8 Å². The number of halogens is 1. The first-order chi connectivity index (χ1) is 8.69. The van der Waals surface area contributed by atoms with E-state index in [4.69, 9.17) is 5.73 Å². The molecule has 0 aromatic heterocycles. The van der Waals surface area contributed by atoms with Gasteiger partial charge in [0.15, 0.2) is 0 Å². The van der Waals surface area contributed by atoms with Gasteiger partial charge in [0.2, 0.25) is 0 Å². The van der Waals surface area contributed by atoms with Crippen LogP contribution in [0, 0.1) is 0 Å². The molecule has 0 fully saturated rings. The van der Waals surface area contributed by atoms with Crippen LogP contribution < -0.4 is 5.73 Å². The molecule has 2 aromatic carbocycles. The molecule has 4 heteroatoms. The van der Waals surface area contributed by atoms with E-state index in [1.54, 1.807) is 6.07 Å². The molecule has 2 aromatic rings. The largest absolute Gasteiger partial charge is 0.469 e. The highest BCUT2D eigenvalue weighted by Gasteiger charge is 2.06. The summed E-state index contributed by atoms with van der Waals surface area (Å²) < 4.78 is 4.66. The van der Waals surface area contributed by atoms with Gasteiger partial charge in [0, 0.05) is 5.69 Å². The zero-order chi connectivity index (χ0) is 13.0. The second kappa shape index (κ2) is 6.81. The Bertz CT molecular complexity index is 555. The number of hydrogen-bond acceptors (Lipinski definition) is 3. The topological polar surface area (TPSA) is 52.3 Å². The third-order valence-electron chi connectivity index (χ3n) is 2.70. The summed E-state index contributed by atoms with van der Waals surface area (Å²) in [5, 5.41) is 0. The first-order valence-electron chi connectivity index (χ1n) is 5.71. The Hall–Kier alpha value is -2.00. The molecular formula is C15H16ClNO2. The van der Waals surface area contributed by atoms with Crippen molar-refractivity contribution in [1.82, 2.24) is 0 Å². The van der Waals surface area contributed by atoms with E-state index < -0.39 is 0 Å². The van der Waals surface area contributed by atoms with Gasteiger partial charge in [-0.25, -0.2) is 0 Å². The van der Waals surface area contributed by atoms with Crippen LogP contribution in [0.15, 0.2) is 48.5 Å². The average Bonchev–Trinajstić information content (AvgIpc) is 2.39. The summed E-state index contributed by atoms with van der Waals surface area (Å²) in [5.74, 6) is -0.264. The van der Waals surface area contributed by atoms with Crippen LogP contribution in [0.4, 0.5) is 5.69 Å². The summed E-state index contributed by atoms with van der Waals surface area (Å²) in [6.45, 7) is 0. The molecular weight excluding hydrogens is 262 g/mol. The Labute approximate surface area is 118 Å². The van der Waals surface area contributed by atoms with Crippen molar-refractivity contribution in [3.63, 3.8) is 0 Å². The molecule has 0 aliphatic carbocycles. The highest BCUT2D eigenvalue weighted by atomic mass is 35.5. The van der Waals surface area contributed by atoms with Crippen molar-refractivity contribution >= 4 is 24.1 Å². The fourth-order valence-electron chi connectivity index (χ4n) is 1.86. The average molecular weight is 278 g/mol. The van der Waals surface area contributed by atoms with E-state index in [9.17, 15) is 4.79 Å². The van der Waals surface area contributed by atoms with Gasteiger partial charge in [-0.3, -0.25) is 4.79 Å². The molecule has 0 aliphatic heterocycles. The number of anilines is 1. The van der Waals surface area contributed by atoms with E-state index >= 15 is 0 Å². The van der Waals surface area contributed by atoms with Gasteiger partial charge in [0.1, 0.15) is 0 Å². The van der Waals surface area contributed by atoms with Crippen molar-refractivity contribution < 1.29 is 9.53 Å². The van der Waals surface area contributed by atoms with E-state index in [1.807, 2.05) is 42.5 Å². The zero-order valence-electron chi connectivity index (χ0n) is 10.6. The number of nitrogen functional groups attached to an aromatic ring is 1. The Morgan fingerprint density at radius 3 is 2.42 bits per heavy atom. The highest BCUT2D eigenvalue weighted by Crippen LogP contribution is 2.23. The quantitative estimate of drug-likeness (QED) is 0.693. The minimum atomic E-state index is -0.264. The first-order valence-corrected chi connectivity index (χ1v) is 5.71. The minimum Gasteiger partial charge on any atom is -0.469 e. The first kappa shape index (κ1) is 15.1. The zero-order valence-corrected chi connectivity index (χ0v) is 11.4. The van der Waals surface area contributed by atoms with Crippen LogP contribution >= 0.6 is 12.4 Å². The molecule has 0 bridgehead atoms. The highest BCUT2D eigenvalue weighted by molar-refractivity contribution is 5.85. The number of ether oxygens (including phenoxy) is 1. The molecule has 0 aliphatic rings. The fraction of sp³-hybridized carbons (Fsp3) is 0.133. The normalized spacial score (nSPS) is 9.53. The summed E-state index contributed by atoms with van der Waals surface area (Å²) in [7, 11) is 1.38. The predicted octanol–water partition coefficient (Wildman–Crippen LogP) is 3.07. The predicted molar refractivity (Wildman–Crippen MR) is 79.3 cm³/mol. The van der Waals surface area contributed by atoms with Crippen LogP contribution in [0.1, 0.15) is 5.56 Å². The Morgan fingerprint density at radius 1 is 1.11 bits per heavy atom. The third kappa shape index (κ3) is 4.00. The number of benzene rings is 2. The molecule has 0 unspecified atom stereocenters. The summed E-state index contributed by atoms with van der Waals surface area (Å²) in [6, 6.07) is 15.6. The lowest BCUT2D eigenvalue weighted by Crippen LogP contribution is -2.05. The second-order valence-corrected chi connectivity index (χ2v) is 4.08. The smallest absolute Gasteiger partial charge is 0.309 e. The van der Waals surface area contributed by atoms with Gasteiger partial charge in [-0.05, 0) is 28.8 Å². The number of rotatable bonds is 3. The van der Waals surface area contributed by atoms with Crippen LogP contribution in [0.5, 0.6) is 0 Å². The monoisotopic (exact) mass is 277 g/mol. The van der Waals surface area contributed by atoms with E-state index in [0.29, 0.717) is 5.69 Å². The molecule has 2 N–H and O–H groups in total. The molecule has 0 heterocycles. The van der Waals surface area contributed by atoms with Crippen molar-refractivity contribution in [3.8, 4) is 11.1 Å². The lowest BCUT2D eigenvalue weighted by Gasteiger charge is -2.07. The number of methoxy groups -OCH3 is 1. The Kier molecular flexibility index (Phi) is 5.39. The van der Waals surface area contributed by atoms with Crippen LogP contribution in [0.3, 0.4) is 0 Å². The summed E-state index contributed by atoms with van der Waals surface area (Å²) >= 11 is 0. The van der Waals surface area contributed by atoms with Gasteiger partial charge in [-0.2, -0.15) is 0 Å². The number of nitrogens with two attached hydrogens (primary N) is 1. The second-order valence-electron chi connectivity index (χ2n) is 4.08. The molecule has 0 saturated heterocycles. The van der Waals surface area contributed by atoms with Crippen molar-refractivity contribution in [2.45, 2.75) is 6.42 Å². The van der Waals surface area contributed by atoms with Crippen molar-refractivity contribution in [1.29, 1.82) is 0 Å². The third-order valence-corrected chi connectivity index (χ3v) is 2.70. The summed E-state index contributed by atoms with van der Waals surface area (Å²) in [5.41, 5.74) is 9.46. The van der Waals surface area contributed by atoms with Crippen LogP contribution in [0.25, 0.3) is 11.1 Å². The molecule has 3 nitrogen and oxygen atoms in total. The maximum Gasteiger partial charge on any atom is 0.309 e. The van der Waals surface area contributed by atoms with Crippen molar-refractivity contribution in [2.24, 2.45) is 0 Å². The summed E-state index contributed by atoms with van der Waals surface area (Å²) in [6.07, 6.45) is 0.237. The number of esters is 1. The molecule has 100 valence electrons. The standard InChI is InChI=1S/C15H15NO2.ClH/c1-18-15(17)9-11-7-13(10-14(16)8-11)12-5-3-2-4-6-12;/h2-8,10H,9,16H2,1H3;1H. The molecule has 2 rings (SSSR count). The molecule has 0 amide bonds. The van der Waals surface area contributed by atoms with E-state index in [0.717, 1.165) is 16.7 Å². The maximum absolute atomic E-state index is 11.3. The van der Waals surface area contributed by atoms with E-state index in [2.05, 4.69) is 4.74 Å². The number of carbonyl (C=O) groups excluding carboxylic acids is 1. The van der Waals surface area contributed by atoms with Gasteiger partial charge in [0.25, 0.3) is 0 Å². The fourth-order valence-corrected chi connectivity index (χ4v) is 1.86. The molecule has 0 spiro atoms. The van der Waals surface area contributed by atoms with Crippen molar-refractivity contribution in [3.05, 3.63) is 54.1 Å². The van der Waals surface area contributed by atoms with Gasteiger partial charge < -0.3 is 10.5 Å². The molecule has 0 saturated carbocycles. The maximum atomic E-state index is 11.3. The van der Waals surface area contributed by atoms with Gasteiger partial charge in [-0.1, -0.05) is 36.4 Å². The van der Waals surface area contributed by atoms with E-state index in [1.165, 1.54) is 7.11 Å². The van der Waals surface area contributed by atoms with Gasteiger partial charge in [-0.15, -0.1) is 12.4 Å². The van der Waals surface area contributed by atoms with Crippen LogP contribution in [0.2, 0.25) is 0 Å². The molecule has 19 heavy (non-hydrogen) atoms. The summed E-state index contributed by atoms with van der Waals surface area (Å²) in [4.78, 5) is 11.3. The lowest BCUT2D eigenvalue weighted by molar-refractivity contribution is -0.139. The Morgan fingerprint density at radius 2 is 1.79 bits per heavy atom. The van der Waals surface area contributed by atoms with Crippen LogP contribution in [-0.4, -0.2) is 13.1 Å². The Balaban J connectivity index is 0.00000180. The number of carbonyl (C=O) groups is 1. The minimum absolute atomic E-state index is 0. The van der Waals surface area contributed by atoms with E-state index in [-0.39, 0.29) is 24.8 Å². The van der Waals surface area contributed by atoms with Gasteiger partial charge in [0.05, 0.1) is 13.5 Å². The molecule has 0 atom stereocenters.